The lowest BCUT2D eigenvalue weighted by atomic mass is 9.64. The smallest absolute Gasteiger partial charge is 0.219 e. The molecule has 0 saturated carbocycles. The quantitative estimate of drug-likeness (QED) is 0.653. The Balaban J connectivity index is 2.36. The average molecular weight is 246 g/mol. The summed E-state index contributed by atoms with van der Waals surface area (Å²) in [5.74, 6) is -0.00890. The fraction of sp³-hybridized carbons (Fsp3) is 0.643. The second-order valence-electron chi connectivity index (χ2n) is 6.11. The molecule has 0 radical (unpaired) electrons. The zero-order valence-corrected chi connectivity index (χ0v) is 11.1. The third-order valence-corrected chi connectivity index (χ3v) is 4.05. The topological polar surface area (TPSA) is 61.2 Å². The van der Waals surface area contributed by atoms with Crippen LogP contribution in [0.25, 0.3) is 0 Å². The number of hydrogen-bond donors (Lipinski definition) is 0. The zero-order chi connectivity index (χ0) is 13.6. The number of allylic oxidation sites excluding steroid dienone is 1. The van der Waals surface area contributed by atoms with Gasteiger partial charge >= 0.3 is 0 Å². The number of rotatable bonds is 0. The van der Waals surface area contributed by atoms with Crippen molar-refractivity contribution < 1.29 is 9.59 Å². The lowest BCUT2D eigenvalue weighted by Gasteiger charge is -2.38. The van der Waals surface area contributed by atoms with Crippen LogP contribution < -0.4 is 0 Å². The van der Waals surface area contributed by atoms with Crippen LogP contribution in [0.3, 0.4) is 0 Å². The molecule has 1 fully saturated rings. The highest BCUT2D eigenvalue weighted by Gasteiger charge is 2.48. The van der Waals surface area contributed by atoms with Crippen molar-refractivity contribution in [2.24, 2.45) is 10.8 Å². The number of carbonyl (C=O) groups is 2. The molecule has 2 rings (SSSR count). The molecule has 0 N–H and O–H groups in total. The summed E-state index contributed by atoms with van der Waals surface area (Å²) in [6.45, 7) is 6.68. The van der Waals surface area contributed by atoms with E-state index in [1.54, 1.807) is 11.8 Å². The van der Waals surface area contributed by atoms with Gasteiger partial charge in [0.05, 0.1) is 5.57 Å². The van der Waals surface area contributed by atoms with Crippen molar-refractivity contribution in [2.45, 2.75) is 33.6 Å². The number of Topliss-reactive ketones (excluding diaryl/α,β-unsaturated/α-hetero) is 1. The predicted molar refractivity (Wildman–Crippen MR) is 66.4 cm³/mol. The lowest BCUT2D eigenvalue weighted by molar-refractivity contribution is -0.128. The molecular formula is C14H18N2O2. The van der Waals surface area contributed by atoms with Crippen LogP contribution in [0.1, 0.15) is 33.6 Å². The number of ketones is 1. The van der Waals surface area contributed by atoms with E-state index in [-0.39, 0.29) is 22.7 Å². The molecule has 0 aromatic rings. The van der Waals surface area contributed by atoms with Crippen LogP contribution in [0, 0.1) is 22.2 Å². The maximum absolute atomic E-state index is 12.1. The number of amides is 1. The van der Waals surface area contributed by atoms with E-state index in [4.69, 9.17) is 5.26 Å². The van der Waals surface area contributed by atoms with Gasteiger partial charge in [0.2, 0.25) is 5.91 Å². The number of nitriles is 1. The summed E-state index contributed by atoms with van der Waals surface area (Å²) in [4.78, 5) is 25.3. The zero-order valence-electron chi connectivity index (χ0n) is 11.1. The van der Waals surface area contributed by atoms with E-state index in [0.717, 1.165) is 13.0 Å². The first-order valence-electron chi connectivity index (χ1n) is 6.23. The third-order valence-electron chi connectivity index (χ3n) is 4.05. The fourth-order valence-corrected chi connectivity index (χ4v) is 3.26. The van der Waals surface area contributed by atoms with Gasteiger partial charge in [-0.05, 0) is 12.8 Å². The molecule has 2 aliphatic rings. The highest BCUT2D eigenvalue weighted by Crippen LogP contribution is 2.47. The molecule has 18 heavy (non-hydrogen) atoms. The maximum Gasteiger partial charge on any atom is 0.219 e. The first-order chi connectivity index (χ1) is 8.30. The molecule has 4 heteroatoms. The van der Waals surface area contributed by atoms with Gasteiger partial charge in [-0.1, -0.05) is 19.9 Å². The Morgan fingerprint density at radius 1 is 1.50 bits per heavy atom. The Morgan fingerprint density at radius 2 is 2.17 bits per heavy atom. The van der Waals surface area contributed by atoms with Crippen molar-refractivity contribution in [3.05, 3.63) is 11.6 Å². The van der Waals surface area contributed by atoms with Crippen LogP contribution >= 0.6 is 0 Å². The summed E-state index contributed by atoms with van der Waals surface area (Å²) in [6.07, 6.45) is 3.37. The van der Waals surface area contributed by atoms with Crippen LogP contribution in [-0.2, 0) is 9.59 Å². The minimum absolute atomic E-state index is 0.0634. The molecule has 1 spiro atoms. The molecule has 1 aliphatic carbocycles. The molecule has 96 valence electrons. The summed E-state index contributed by atoms with van der Waals surface area (Å²) >= 11 is 0. The summed E-state index contributed by atoms with van der Waals surface area (Å²) in [5, 5.41) is 9.09. The number of hydrogen-bond acceptors (Lipinski definition) is 3. The number of carbonyl (C=O) groups excluding carboxylic acids is 2. The van der Waals surface area contributed by atoms with Crippen molar-refractivity contribution in [1.82, 2.24) is 4.90 Å². The van der Waals surface area contributed by atoms with Gasteiger partial charge in [0.25, 0.3) is 0 Å². The predicted octanol–water partition coefficient (Wildman–Crippen LogP) is 1.67. The Hall–Kier alpha value is -1.63. The molecule has 0 aromatic carbocycles. The Kier molecular flexibility index (Phi) is 2.81. The van der Waals surface area contributed by atoms with Crippen LogP contribution in [0.15, 0.2) is 11.6 Å². The van der Waals surface area contributed by atoms with Crippen LogP contribution in [0.5, 0.6) is 0 Å². The summed E-state index contributed by atoms with van der Waals surface area (Å²) in [5.41, 5.74) is -0.433. The van der Waals surface area contributed by atoms with Crippen molar-refractivity contribution in [1.29, 1.82) is 5.26 Å². The second kappa shape index (κ2) is 3.94. The van der Waals surface area contributed by atoms with Gasteiger partial charge in [-0.2, -0.15) is 5.26 Å². The van der Waals surface area contributed by atoms with Gasteiger partial charge in [0, 0.05) is 30.8 Å². The SMILES string of the molecule is CC(=O)N1CCC2(C=C(C#N)C(=O)C(C)(C)C2)C1. The molecule has 4 nitrogen and oxygen atoms in total. The van der Waals surface area contributed by atoms with E-state index in [1.807, 2.05) is 26.0 Å². The lowest BCUT2D eigenvalue weighted by Crippen LogP contribution is -2.40. The van der Waals surface area contributed by atoms with E-state index >= 15 is 0 Å². The van der Waals surface area contributed by atoms with Gasteiger partial charge in [-0.3, -0.25) is 9.59 Å². The first kappa shape index (κ1) is 12.8. The highest BCUT2D eigenvalue weighted by molar-refractivity contribution is 6.03. The minimum Gasteiger partial charge on any atom is -0.342 e. The Bertz CT molecular complexity index is 485. The van der Waals surface area contributed by atoms with Crippen LogP contribution in [0.4, 0.5) is 0 Å². The largest absolute Gasteiger partial charge is 0.342 e. The minimum atomic E-state index is -0.507. The third kappa shape index (κ3) is 1.94. The molecule has 1 saturated heterocycles. The summed E-state index contributed by atoms with van der Waals surface area (Å²) < 4.78 is 0. The standard InChI is InChI=1S/C14H18N2O2/c1-10(17)16-5-4-14(9-16)6-11(7-15)12(18)13(2,3)8-14/h6H,4-5,8-9H2,1-3H3. The van der Waals surface area contributed by atoms with Crippen molar-refractivity contribution >= 4 is 11.7 Å². The molecule has 0 aromatic heterocycles. The van der Waals surface area contributed by atoms with E-state index in [9.17, 15) is 9.59 Å². The molecular weight excluding hydrogens is 228 g/mol. The number of likely N-dealkylation sites (tertiary alicyclic amines) is 1. The second-order valence-corrected chi connectivity index (χ2v) is 6.11. The Labute approximate surface area is 107 Å². The average Bonchev–Trinajstić information content (AvgIpc) is 2.67. The molecule has 1 amide bonds. The summed E-state index contributed by atoms with van der Waals surface area (Å²) in [6, 6.07) is 2.01. The van der Waals surface area contributed by atoms with Gasteiger partial charge in [0.15, 0.2) is 5.78 Å². The van der Waals surface area contributed by atoms with Gasteiger partial charge in [-0.25, -0.2) is 0 Å². The molecule has 1 unspecified atom stereocenters. The molecule has 1 heterocycles. The highest BCUT2D eigenvalue weighted by atomic mass is 16.2. The molecule has 0 bridgehead atoms. The number of nitrogens with zero attached hydrogens (tertiary/aromatic N) is 2. The van der Waals surface area contributed by atoms with Crippen LogP contribution in [-0.4, -0.2) is 29.7 Å². The van der Waals surface area contributed by atoms with Gasteiger partial charge in [0.1, 0.15) is 6.07 Å². The maximum atomic E-state index is 12.1. The van der Waals surface area contributed by atoms with E-state index in [2.05, 4.69) is 0 Å². The van der Waals surface area contributed by atoms with Crippen molar-refractivity contribution in [3.63, 3.8) is 0 Å². The van der Waals surface area contributed by atoms with E-state index in [1.165, 1.54) is 0 Å². The monoisotopic (exact) mass is 246 g/mol. The van der Waals surface area contributed by atoms with Gasteiger partial charge in [-0.15, -0.1) is 0 Å². The fourth-order valence-electron chi connectivity index (χ4n) is 3.26. The Morgan fingerprint density at radius 3 is 2.67 bits per heavy atom. The van der Waals surface area contributed by atoms with Crippen LogP contribution in [0.2, 0.25) is 0 Å². The van der Waals surface area contributed by atoms with E-state index < -0.39 is 5.41 Å². The summed E-state index contributed by atoms with van der Waals surface area (Å²) in [7, 11) is 0. The normalized spacial score (nSPS) is 30.2. The molecule has 1 aliphatic heterocycles. The molecule has 1 atom stereocenters. The van der Waals surface area contributed by atoms with E-state index in [0.29, 0.717) is 13.0 Å². The van der Waals surface area contributed by atoms with Crippen molar-refractivity contribution in [3.8, 4) is 6.07 Å². The van der Waals surface area contributed by atoms with Gasteiger partial charge < -0.3 is 4.90 Å². The van der Waals surface area contributed by atoms with Crippen molar-refractivity contribution in [2.75, 3.05) is 13.1 Å². The first-order valence-corrected chi connectivity index (χ1v) is 6.23.